The minimum atomic E-state index is -0.485. The maximum Gasteiger partial charge on any atom is 0.339 e. The van der Waals surface area contributed by atoms with E-state index in [1.54, 1.807) is 14.0 Å². The van der Waals surface area contributed by atoms with Gasteiger partial charge >= 0.3 is 5.97 Å². The van der Waals surface area contributed by atoms with Gasteiger partial charge in [-0.15, -0.1) is 0 Å². The number of esters is 1. The molecule has 4 heteroatoms. The Balaban J connectivity index is 3.04. The van der Waals surface area contributed by atoms with E-state index < -0.39 is 11.8 Å². The summed E-state index contributed by atoms with van der Waals surface area (Å²) in [6.07, 6.45) is 0. The molecular weight excluding hydrogens is 221 g/mol. The highest BCUT2D eigenvalue weighted by atomic mass is 19.1. The molecule has 0 fully saturated rings. The highest BCUT2D eigenvalue weighted by molar-refractivity contribution is 5.92. The van der Waals surface area contributed by atoms with Crippen LogP contribution in [0, 0.1) is 17.7 Å². The van der Waals surface area contributed by atoms with Gasteiger partial charge in [0.15, 0.2) is 0 Å². The van der Waals surface area contributed by atoms with E-state index in [1.807, 2.05) is 0 Å². The van der Waals surface area contributed by atoms with E-state index in [4.69, 9.17) is 4.74 Å². The molecule has 1 rings (SSSR count). The van der Waals surface area contributed by atoms with Gasteiger partial charge in [-0.3, -0.25) is 0 Å². The number of hydrogen-bond donors (Lipinski definition) is 1. The second-order valence-corrected chi connectivity index (χ2v) is 3.24. The first-order valence-electron chi connectivity index (χ1n) is 5.29. The fraction of sp³-hybridized carbons (Fsp3) is 0.308. The van der Waals surface area contributed by atoms with Gasteiger partial charge in [0.1, 0.15) is 5.82 Å². The smallest absolute Gasteiger partial charge is 0.339 e. The largest absolute Gasteiger partial charge is 0.462 e. The number of ether oxygens (including phenoxy) is 1. The van der Waals surface area contributed by atoms with Gasteiger partial charge in [-0.2, -0.15) is 0 Å². The Hall–Kier alpha value is -1.86. The molecule has 0 radical (unpaired) electrons. The highest BCUT2D eigenvalue weighted by Gasteiger charge is 2.11. The van der Waals surface area contributed by atoms with Gasteiger partial charge < -0.3 is 10.1 Å². The second-order valence-electron chi connectivity index (χ2n) is 3.24. The molecule has 0 unspecified atom stereocenters. The molecule has 0 aliphatic rings. The molecule has 0 saturated heterocycles. The zero-order valence-corrected chi connectivity index (χ0v) is 9.84. The van der Waals surface area contributed by atoms with Crippen LogP contribution in [0.5, 0.6) is 0 Å². The number of carbonyl (C=O) groups excluding carboxylic acids is 1. The van der Waals surface area contributed by atoms with Crippen molar-refractivity contribution in [3.63, 3.8) is 0 Å². The first-order valence-corrected chi connectivity index (χ1v) is 5.29. The SMILES string of the molecule is CCOC(=O)c1ccc(F)cc1C#CCNC. The maximum absolute atomic E-state index is 13.1. The van der Waals surface area contributed by atoms with Crippen LogP contribution in [0.3, 0.4) is 0 Å². The third kappa shape index (κ3) is 3.89. The molecule has 0 saturated carbocycles. The summed E-state index contributed by atoms with van der Waals surface area (Å²) in [5, 5.41) is 2.84. The van der Waals surface area contributed by atoms with Crippen LogP contribution in [0.4, 0.5) is 4.39 Å². The Labute approximate surface area is 100.0 Å². The molecule has 0 spiro atoms. The van der Waals surface area contributed by atoms with Crippen molar-refractivity contribution in [1.29, 1.82) is 0 Å². The molecule has 0 heterocycles. The van der Waals surface area contributed by atoms with Crippen LogP contribution in [0.25, 0.3) is 0 Å². The van der Waals surface area contributed by atoms with Crippen molar-refractivity contribution in [1.82, 2.24) is 5.32 Å². The van der Waals surface area contributed by atoms with Gasteiger partial charge in [0, 0.05) is 5.56 Å². The van der Waals surface area contributed by atoms with E-state index in [-0.39, 0.29) is 12.2 Å². The number of rotatable bonds is 3. The predicted octanol–water partition coefficient (Wildman–Crippen LogP) is 1.57. The summed E-state index contributed by atoms with van der Waals surface area (Å²) >= 11 is 0. The fourth-order valence-electron chi connectivity index (χ4n) is 1.23. The number of nitrogens with one attached hydrogen (secondary N) is 1. The van der Waals surface area contributed by atoms with Gasteiger partial charge in [-0.1, -0.05) is 11.8 Å². The third-order valence-electron chi connectivity index (χ3n) is 1.97. The first-order chi connectivity index (χ1) is 8.19. The minimum absolute atomic E-state index is 0.277. The summed E-state index contributed by atoms with van der Waals surface area (Å²) in [7, 11) is 1.76. The lowest BCUT2D eigenvalue weighted by atomic mass is 10.1. The van der Waals surface area contributed by atoms with Crippen LogP contribution < -0.4 is 5.32 Å². The maximum atomic E-state index is 13.1. The van der Waals surface area contributed by atoms with Gasteiger partial charge in [-0.05, 0) is 32.2 Å². The monoisotopic (exact) mass is 235 g/mol. The van der Waals surface area contributed by atoms with Crippen molar-refractivity contribution in [3.8, 4) is 11.8 Å². The predicted molar refractivity (Wildman–Crippen MR) is 63.2 cm³/mol. The summed E-state index contributed by atoms with van der Waals surface area (Å²) in [5.41, 5.74) is 0.635. The van der Waals surface area contributed by atoms with Crippen LogP contribution in [0.2, 0.25) is 0 Å². The van der Waals surface area contributed by atoms with Crippen LogP contribution >= 0.6 is 0 Å². The number of hydrogen-bond acceptors (Lipinski definition) is 3. The van der Waals surface area contributed by atoms with E-state index in [0.717, 1.165) is 0 Å². The van der Waals surface area contributed by atoms with Crippen LogP contribution in [0.1, 0.15) is 22.8 Å². The van der Waals surface area contributed by atoms with Crippen LogP contribution in [-0.2, 0) is 4.74 Å². The highest BCUT2D eigenvalue weighted by Crippen LogP contribution is 2.11. The van der Waals surface area contributed by atoms with Crippen molar-refractivity contribution < 1.29 is 13.9 Å². The molecule has 0 amide bonds. The normalized spacial score (nSPS) is 9.35. The zero-order chi connectivity index (χ0) is 12.7. The molecule has 0 aliphatic carbocycles. The van der Waals surface area contributed by atoms with Crippen molar-refractivity contribution in [2.45, 2.75) is 6.92 Å². The summed E-state index contributed by atoms with van der Waals surface area (Å²) in [5.74, 6) is 4.61. The molecule has 90 valence electrons. The molecule has 17 heavy (non-hydrogen) atoms. The van der Waals surface area contributed by atoms with Gasteiger partial charge in [-0.25, -0.2) is 9.18 Å². The number of halogens is 1. The summed E-state index contributed by atoms with van der Waals surface area (Å²) in [6, 6.07) is 3.83. The van der Waals surface area contributed by atoms with E-state index in [2.05, 4.69) is 17.2 Å². The average Bonchev–Trinajstić information content (AvgIpc) is 2.30. The van der Waals surface area contributed by atoms with Crippen LogP contribution in [0.15, 0.2) is 18.2 Å². The molecule has 0 aliphatic heterocycles. The standard InChI is InChI=1S/C13H14FNO2/c1-3-17-13(16)12-7-6-11(14)9-10(12)5-4-8-15-2/h6-7,9,15H,3,8H2,1-2H3. The quantitative estimate of drug-likeness (QED) is 0.638. The van der Waals surface area contributed by atoms with Crippen molar-refractivity contribution in [2.75, 3.05) is 20.2 Å². The molecule has 0 bridgehead atoms. The van der Waals surface area contributed by atoms with E-state index >= 15 is 0 Å². The number of benzene rings is 1. The average molecular weight is 235 g/mol. The molecule has 0 aromatic heterocycles. The third-order valence-corrected chi connectivity index (χ3v) is 1.97. The topological polar surface area (TPSA) is 38.3 Å². The lowest BCUT2D eigenvalue weighted by Crippen LogP contribution is -2.08. The molecule has 1 N–H and O–H groups in total. The Morgan fingerprint density at radius 3 is 2.94 bits per heavy atom. The second kappa shape index (κ2) is 6.66. The Morgan fingerprint density at radius 1 is 1.53 bits per heavy atom. The fourth-order valence-corrected chi connectivity index (χ4v) is 1.23. The summed E-state index contributed by atoms with van der Waals surface area (Å²) < 4.78 is 17.9. The molecular formula is C13H14FNO2. The van der Waals surface area contributed by atoms with Gasteiger partial charge in [0.25, 0.3) is 0 Å². The Kier molecular flexibility index (Phi) is 5.18. The van der Waals surface area contributed by atoms with Crippen LogP contribution in [-0.4, -0.2) is 26.2 Å². The summed E-state index contributed by atoms with van der Waals surface area (Å²) in [4.78, 5) is 11.6. The van der Waals surface area contributed by atoms with Crippen molar-refractivity contribution in [3.05, 3.63) is 35.1 Å². The first kappa shape index (κ1) is 13.2. The molecule has 0 atom stereocenters. The molecule has 1 aromatic rings. The lowest BCUT2D eigenvalue weighted by Gasteiger charge is -2.04. The summed E-state index contributed by atoms with van der Waals surface area (Å²) in [6.45, 7) is 2.46. The van der Waals surface area contributed by atoms with E-state index in [9.17, 15) is 9.18 Å². The van der Waals surface area contributed by atoms with Crippen molar-refractivity contribution >= 4 is 5.97 Å². The Morgan fingerprint density at radius 2 is 2.29 bits per heavy atom. The number of carbonyl (C=O) groups is 1. The van der Waals surface area contributed by atoms with Gasteiger partial charge in [0.05, 0.1) is 18.7 Å². The zero-order valence-electron chi connectivity index (χ0n) is 9.84. The minimum Gasteiger partial charge on any atom is -0.462 e. The Bertz CT molecular complexity index is 460. The molecule has 1 aromatic carbocycles. The van der Waals surface area contributed by atoms with Gasteiger partial charge in [0.2, 0.25) is 0 Å². The lowest BCUT2D eigenvalue weighted by molar-refractivity contribution is 0.0526. The molecule has 3 nitrogen and oxygen atoms in total. The van der Waals surface area contributed by atoms with E-state index in [0.29, 0.717) is 12.1 Å². The van der Waals surface area contributed by atoms with Crippen molar-refractivity contribution in [2.24, 2.45) is 0 Å². The van der Waals surface area contributed by atoms with E-state index in [1.165, 1.54) is 18.2 Å².